The Balaban J connectivity index is 2.96. The summed E-state index contributed by atoms with van der Waals surface area (Å²) in [7, 11) is -3.32. The minimum absolute atomic E-state index is 0.0796. The van der Waals surface area contributed by atoms with Crippen LogP contribution in [0, 0.1) is 12.3 Å². The van der Waals surface area contributed by atoms with Crippen molar-refractivity contribution in [1.29, 1.82) is 5.41 Å². The van der Waals surface area contributed by atoms with Crippen LogP contribution in [-0.4, -0.2) is 20.0 Å². The van der Waals surface area contributed by atoms with Gasteiger partial charge in [0.15, 0.2) is 0 Å². The molecule has 5 nitrogen and oxygen atoms in total. The third-order valence-electron chi connectivity index (χ3n) is 2.58. The van der Waals surface area contributed by atoms with Crippen LogP contribution in [0.25, 0.3) is 0 Å². The lowest BCUT2D eigenvalue weighted by atomic mass is 10.1. The summed E-state index contributed by atoms with van der Waals surface area (Å²) >= 11 is 0. The van der Waals surface area contributed by atoms with Crippen LogP contribution in [0.3, 0.4) is 0 Å². The normalized spacial score (nSPS) is 11.2. The van der Waals surface area contributed by atoms with Crippen molar-refractivity contribution in [3.05, 3.63) is 29.3 Å². The lowest BCUT2D eigenvalue weighted by Gasteiger charge is -2.11. The lowest BCUT2D eigenvalue weighted by molar-refractivity contribution is 0.598. The molecule has 0 saturated carbocycles. The summed E-state index contributed by atoms with van der Waals surface area (Å²) in [6.45, 7) is 3.75. The number of unbranched alkanes of at least 4 members (excludes halogenated alkanes) is 1. The van der Waals surface area contributed by atoms with Gasteiger partial charge in [0, 0.05) is 5.56 Å². The average Bonchev–Trinajstić information content (AvgIpc) is 2.29. The molecule has 0 radical (unpaired) electrons. The van der Waals surface area contributed by atoms with Crippen LogP contribution in [0.1, 0.15) is 30.9 Å². The zero-order valence-electron chi connectivity index (χ0n) is 10.7. The topological polar surface area (TPSA) is 96.0 Å². The molecule has 1 rings (SSSR count). The molecule has 0 atom stereocenters. The molecule has 4 N–H and O–H groups in total. The Morgan fingerprint density at radius 1 is 1.44 bits per heavy atom. The molecule has 0 bridgehead atoms. The predicted octanol–water partition coefficient (Wildman–Crippen LogP) is 1.82. The zero-order valence-corrected chi connectivity index (χ0v) is 11.5. The Kier molecular flexibility index (Phi) is 4.72. The number of nitrogen functional groups attached to an aromatic ring is 1. The van der Waals surface area contributed by atoms with Crippen molar-refractivity contribution in [3.63, 3.8) is 0 Å². The molecule has 0 unspecified atom stereocenters. The molecule has 1 aromatic rings. The number of nitrogens with two attached hydrogens (primary N) is 1. The number of amidine groups is 1. The molecule has 0 aromatic heterocycles. The summed E-state index contributed by atoms with van der Waals surface area (Å²) in [5, 5.41) is 7.34. The largest absolute Gasteiger partial charge is 0.384 e. The minimum atomic E-state index is -3.32. The number of rotatable bonds is 6. The number of anilines is 1. The van der Waals surface area contributed by atoms with Gasteiger partial charge in [-0.25, -0.2) is 8.42 Å². The second-order valence-electron chi connectivity index (χ2n) is 4.22. The highest BCUT2D eigenvalue weighted by Gasteiger charge is 2.12. The van der Waals surface area contributed by atoms with E-state index in [-0.39, 0.29) is 11.6 Å². The maximum absolute atomic E-state index is 11.8. The van der Waals surface area contributed by atoms with E-state index in [1.54, 1.807) is 18.2 Å². The van der Waals surface area contributed by atoms with E-state index in [2.05, 4.69) is 4.72 Å². The molecule has 0 aliphatic carbocycles. The van der Waals surface area contributed by atoms with Crippen molar-refractivity contribution >= 4 is 21.5 Å². The summed E-state index contributed by atoms with van der Waals surface area (Å²) in [4.78, 5) is 0. The summed E-state index contributed by atoms with van der Waals surface area (Å²) in [6.07, 6.45) is 1.45. The summed E-state index contributed by atoms with van der Waals surface area (Å²) in [5.74, 6) is 0.0248. The first-order valence-corrected chi connectivity index (χ1v) is 7.46. The lowest BCUT2D eigenvalue weighted by Crippen LogP contribution is -2.18. The Morgan fingerprint density at radius 3 is 2.67 bits per heavy atom. The number of nitrogens with one attached hydrogen (secondary N) is 2. The molecule has 0 spiro atoms. The van der Waals surface area contributed by atoms with Gasteiger partial charge in [-0.1, -0.05) is 25.5 Å². The van der Waals surface area contributed by atoms with Crippen LogP contribution in [0.2, 0.25) is 0 Å². The van der Waals surface area contributed by atoms with Gasteiger partial charge in [0.1, 0.15) is 5.84 Å². The maximum Gasteiger partial charge on any atom is 0.232 e. The minimum Gasteiger partial charge on any atom is -0.384 e. The van der Waals surface area contributed by atoms with Gasteiger partial charge >= 0.3 is 0 Å². The van der Waals surface area contributed by atoms with Gasteiger partial charge in [0.05, 0.1) is 11.4 Å². The highest BCUT2D eigenvalue weighted by atomic mass is 32.2. The molecule has 100 valence electrons. The maximum atomic E-state index is 11.8. The summed E-state index contributed by atoms with van der Waals surface area (Å²) in [5.41, 5.74) is 7.18. The van der Waals surface area contributed by atoms with Crippen LogP contribution in [0.5, 0.6) is 0 Å². The highest BCUT2D eigenvalue weighted by molar-refractivity contribution is 7.92. The van der Waals surface area contributed by atoms with Gasteiger partial charge < -0.3 is 5.73 Å². The number of aryl methyl sites for hydroxylation is 1. The Bertz CT molecular complexity index is 538. The number of hydrogen-bond donors (Lipinski definition) is 3. The van der Waals surface area contributed by atoms with E-state index in [9.17, 15) is 8.42 Å². The van der Waals surface area contributed by atoms with Gasteiger partial charge in [0.25, 0.3) is 0 Å². The van der Waals surface area contributed by atoms with Crippen molar-refractivity contribution in [2.45, 2.75) is 26.7 Å². The molecular weight excluding hydrogens is 250 g/mol. The molecule has 0 fully saturated rings. The van der Waals surface area contributed by atoms with E-state index in [1.807, 2.05) is 13.8 Å². The van der Waals surface area contributed by atoms with Gasteiger partial charge in [-0.2, -0.15) is 0 Å². The third-order valence-corrected chi connectivity index (χ3v) is 3.94. The second-order valence-corrected chi connectivity index (χ2v) is 6.06. The van der Waals surface area contributed by atoms with Gasteiger partial charge in [-0.05, 0) is 25.0 Å². The molecular formula is C12H19N3O2S. The van der Waals surface area contributed by atoms with E-state index in [0.29, 0.717) is 17.7 Å². The predicted molar refractivity (Wildman–Crippen MR) is 74.5 cm³/mol. The van der Waals surface area contributed by atoms with E-state index >= 15 is 0 Å². The van der Waals surface area contributed by atoms with E-state index in [1.165, 1.54) is 0 Å². The zero-order chi connectivity index (χ0) is 13.8. The van der Waals surface area contributed by atoms with E-state index < -0.39 is 10.0 Å². The molecule has 1 aromatic carbocycles. The first-order chi connectivity index (χ1) is 8.35. The Morgan fingerprint density at radius 2 is 2.11 bits per heavy atom. The van der Waals surface area contributed by atoms with Crippen molar-refractivity contribution in [2.24, 2.45) is 5.73 Å². The first kappa shape index (κ1) is 14.5. The number of benzene rings is 1. The second kappa shape index (κ2) is 5.86. The summed E-state index contributed by atoms with van der Waals surface area (Å²) < 4.78 is 26.1. The Hall–Kier alpha value is -1.56. The van der Waals surface area contributed by atoms with Gasteiger partial charge in [-0.15, -0.1) is 0 Å². The van der Waals surface area contributed by atoms with Crippen molar-refractivity contribution < 1.29 is 8.42 Å². The molecule has 0 aliphatic rings. The average molecular weight is 269 g/mol. The SMILES string of the molecule is CCCCS(=O)(=O)Nc1cc(C(=N)N)ccc1C. The number of hydrogen-bond acceptors (Lipinski definition) is 3. The fourth-order valence-corrected chi connectivity index (χ4v) is 2.78. The van der Waals surface area contributed by atoms with Crippen LogP contribution >= 0.6 is 0 Å². The highest BCUT2D eigenvalue weighted by Crippen LogP contribution is 2.18. The van der Waals surface area contributed by atoms with Crippen molar-refractivity contribution in [3.8, 4) is 0 Å². The van der Waals surface area contributed by atoms with Crippen molar-refractivity contribution in [1.82, 2.24) is 0 Å². The van der Waals surface area contributed by atoms with E-state index in [4.69, 9.17) is 11.1 Å². The molecule has 0 saturated heterocycles. The summed E-state index contributed by atoms with van der Waals surface area (Å²) in [6, 6.07) is 5.02. The van der Waals surface area contributed by atoms with Crippen LogP contribution in [-0.2, 0) is 10.0 Å². The van der Waals surface area contributed by atoms with Gasteiger partial charge in [-0.3, -0.25) is 10.1 Å². The molecule has 0 heterocycles. The third kappa shape index (κ3) is 4.03. The van der Waals surface area contributed by atoms with Crippen molar-refractivity contribution in [2.75, 3.05) is 10.5 Å². The molecule has 18 heavy (non-hydrogen) atoms. The van der Waals surface area contributed by atoms with E-state index in [0.717, 1.165) is 12.0 Å². The smallest absolute Gasteiger partial charge is 0.232 e. The fourth-order valence-electron chi connectivity index (χ4n) is 1.45. The van der Waals surface area contributed by atoms with Gasteiger partial charge in [0.2, 0.25) is 10.0 Å². The standard InChI is InChI=1S/C12H19N3O2S/c1-3-4-7-18(16,17)15-11-8-10(12(13)14)6-5-9(11)2/h5-6,8,15H,3-4,7H2,1-2H3,(H3,13,14). The molecule has 0 amide bonds. The fraction of sp³-hybridized carbons (Fsp3) is 0.417. The quantitative estimate of drug-likeness (QED) is 0.543. The number of sulfonamides is 1. The monoisotopic (exact) mass is 269 g/mol. The molecule has 0 aliphatic heterocycles. The molecule has 6 heteroatoms. The van der Waals surface area contributed by atoms with Crippen LogP contribution in [0.15, 0.2) is 18.2 Å². The van der Waals surface area contributed by atoms with Crippen LogP contribution in [0.4, 0.5) is 5.69 Å². The first-order valence-electron chi connectivity index (χ1n) is 5.81. The Labute approximate surface area is 108 Å². The van der Waals surface area contributed by atoms with Crippen LogP contribution < -0.4 is 10.5 Å².